The first kappa shape index (κ1) is 12.8. The molecule has 0 unspecified atom stereocenters. The molecule has 0 heterocycles. The summed E-state index contributed by atoms with van der Waals surface area (Å²) in [7, 11) is 0. The molecule has 2 aromatic carbocycles. The minimum Gasteiger partial charge on any atom is -0.507 e. The summed E-state index contributed by atoms with van der Waals surface area (Å²) in [6, 6.07) is 9.65. The maximum Gasteiger partial charge on any atom is 0.189 e. The molecule has 2 N–H and O–H groups in total. The molecule has 2 rings (SSSR count). The molecule has 0 aliphatic rings. The van der Waals surface area contributed by atoms with E-state index in [0.717, 1.165) is 18.2 Å². The van der Waals surface area contributed by atoms with Gasteiger partial charge in [0.15, 0.2) is 5.78 Å². The maximum atomic E-state index is 13.0. The zero-order chi connectivity index (χ0) is 13.8. The van der Waals surface area contributed by atoms with Crippen LogP contribution in [0, 0.1) is 5.82 Å². The lowest BCUT2D eigenvalue weighted by Crippen LogP contribution is -1.95. The molecule has 0 aliphatic carbocycles. The number of hydrogen-bond donors (Lipinski definition) is 2. The summed E-state index contributed by atoms with van der Waals surface area (Å²) in [5.41, 5.74) is 0.346. The lowest BCUT2D eigenvalue weighted by Gasteiger charge is -2.01. The van der Waals surface area contributed by atoms with E-state index in [1.807, 2.05) is 0 Å². The minimum absolute atomic E-state index is 0.0371. The zero-order valence-electron chi connectivity index (χ0n) is 9.88. The van der Waals surface area contributed by atoms with E-state index >= 15 is 0 Å². The Bertz CT molecular complexity index is 648. The van der Waals surface area contributed by atoms with Gasteiger partial charge in [-0.05, 0) is 36.4 Å². The fraction of sp³-hybridized carbons (Fsp3) is 0. The summed E-state index contributed by atoms with van der Waals surface area (Å²) in [5.74, 6) is -1.39. The maximum absolute atomic E-state index is 13.0. The summed E-state index contributed by atoms with van der Waals surface area (Å²) in [5, 5.41) is 19.0. The van der Waals surface area contributed by atoms with Crippen molar-refractivity contribution in [2.24, 2.45) is 0 Å². The van der Waals surface area contributed by atoms with Crippen molar-refractivity contribution in [3.63, 3.8) is 0 Å². The summed E-state index contributed by atoms with van der Waals surface area (Å²) in [6.07, 6.45) is 2.57. The normalized spacial score (nSPS) is 10.8. The van der Waals surface area contributed by atoms with E-state index in [4.69, 9.17) is 0 Å². The SMILES string of the molecule is O=C(/C=C/c1ccccc1O)c1cc(F)ccc1O. The number of carbonyl (C=O) groups excluding carboxylic acids is 1. The van der Waals surface area contributed by atoms with Gasteiger partial charge in [-0.2, -0.15) is 0 Å². The Hall–Kier alpha value is -2.62. The minimum atomic E-state index is -0.600. The average molecular weight is 258 g/mol. The fourth-order valence-electron chi connectivity index (χ4n) is 1.59. The number of para-hydroxylation sites is 1. The van der Waals surface area contributed by atoms with Gasteiger partial charge >= 0.3 is 0 Å². The summed E-state index contributed by atoms with van der Waals surface area (Å²) in [4.78, 5) is 11.8. The predicted molar refractivity (Wildman–Crippen MR) is 69.5 cm³/mol. The van der Waals surface area contributed by atoms with E-state index in [0.29, 0.717) is 5.56 Å². The van der Waals surface area contributed by atoms with Gasteiger partial charge in [-0.3, -0.25) is 4.79 Å². The molecule has 4 heteroatoms. The Labute approximate surface area is 109 Å². The van der Waals surface area contributed by atoms with Crippen LogP contribution in [0.4, 0.5) is 4.39 Å². The van der Waals surface area contributed by atoms with Crippen LogP contribution in [0.1, 0.15) is 15.9 Å². The fourth-order valence-corrected chi connectivity index (χ4v) is 1.59. The lowest BCUT2D eigenvalue weighted by atomic mass is 10.1. The third-order valence-electron chi connectivity index (χ3n) is 2.58. The molecule has 0 amide bonds. The molecule has 2 aromatic rings. The first-order chi connectivity index (χ1) is 9.08. The molecule has 0 aromatic heterocycles. The van der Waals surface area contributed by atoms with Crippen molar-refractivity contribution >= 4 is 11.9 Å². The molecule has 0 aliphatic heterocycles. The van der Waals surface area contributed by atoms with Gasteiger partial charge < -0.3 is 10.2 Å². The zero-order valence-corrected chi connectivity index (χ0v) is 9.88. The lowest BCUT2D eigenvalue weighted by molar-refractivity contribution is 0.104. The van der Waals surface area contributed by atoms with Gasteiger partial charge in [-0.1, -0.05) is 18.2 Å². The number of aromatic hydroxyl groups is 2. The monoisotopic (exact) mass is 258 g/mol. The molecule has 0 saturated heterocycles. The number of hydrogen-bond acceptors (Lipinski definition) is 3. The van der Waals surface area contributed by atoms with Crippen molar-refractivity contribution in [3.05, 3.63) is 65.5 Å². The van der Waals surface area contributed by atoms with E-state index in [2.05, 4.69) is 0 Å². The van der Waals surface area contributed by atoms with Crippen molar-refractivity contribution in [2.45, 2.75) is 0 Å². The number of allylic oxidation sites excluding steroid dienone is 1. The smallest absolute Gasteiger partial charge is 0.189 e. The Morgan fingerprint density at radius 2 is 1.79 bits per heavy atom. The van der Waals surface area contributed by atoms with Crippen LogP contribution in [0.25, 0.3) is 6.08 Å². The van der Waals surface area contributed by atoms with E-state index in [1.165, 1.54) is 18.2 Å². The highest BCUT2D eigenvalue weighted by atomic mass is 19.1. The van der Waals surface area contributed by atoms with Crippen molar-refractivity contribution in [3.8, 4) is 11.5 Å². The number of rotatable bonds is 3. The molecule has 0 fully saturated rings. The second-order valence-corrected chi connectivity index (χ2v) is 3.92. The quantitative estimate of drug-likeness (QED) is 0.657. The third-order valence-corrected chi connectivity index (χ3v) is 2.58. The molecule has 96 valence electrons. The molecular weight excluding hydrogens is 247 g/mol. The van der Waals surface area contributed by atoms with Crippen LogP contribution in [0.15, 0.2) is 48.5 Å². The highest BCUT2D eigenvalue weighted by Gasteiger charge is 2.09. The van der Waals surface area contributed by atoms with Gasteiger partial charge in [0.25, 0.3) is 0 Å². The number of carbonyl (C=O) groups is 1. The van der Waals surface area contributed by atoms with Crippen LogP contribution in [-0.4, -0.2) is 16.0 Å². The van der Waals surface area contributed by atoms with E-state index in [9.17, 15) is 19.4 Å². The van der Waals surface area contributed by atoms with E-state index in [-0.39, 0.29) is 17.1 Å². The van der Waals surface area contributed by atoms with Crippen molar-refractivity contribution in [1.29, 1.82) is 0 Å². The summed E-state index contributed by atoms with van der Waals surface area (Å²) < 4.78 is 13.0. The standard InChI is InChI=1S/C15H11FO3/c16-11-6-8-15(19)12(9-11)14(18)7-5-10-3-1-2-4-13(10)17/h1-9,17,19H/b7-5+. The van der Waals surface area contributed by atoms with Crippen molar-refractivity contribution in [1.82, 2.24) is 0 Å². The Morgan fingerprint density at radius 1 is 1.05 bits per heavy atom. The van der Waals surface area contributed by atoms with Gasteiger partial charge in [0.05, 0.1) is 5.56 Å². The Kier molecular flexibility index (Phi) is 3.61. The average Bonchev–Trinajstić information content (AvgIpc) is 2.40. The van der Waals surface area contributed by atoms with Crippen LogP contribution in [-0.2, 0) is 0 Å². The van der Waals surface area contributed by atoms with Gasteiger partial charge in [-0.25, -0.2) is 4.39 Å². The van der Waals surface area contributed by atoms with Crippen LogP contribution in [0.5, 0.6) is 11.5 Å². The number of halogens is 1. The van der Waals surface area contributed by atoms with Gasteiger partial charge in [0.1, 0.15) is 17.3 Å². The second kappa shape index (κ2) is 5.35. The van der Waals surface area contributed by atoms with Crippen LogP contribution in [0.3, 0.4) is 0 Å². The number of ketones is 1. The van der Waals surface area contributed by atoms with Gasteiger partial charge in [0, 0.05) is 5.56 Å². The molecule has 19 heavy (non-hydrogen) atoms. The third kappa shape index (κ3) is 2.98. The summed E-state index contributed by atoms with van der Waals surface area (Å²) in [6.45, 7) is 0. The van der Waals surface area contributed by atoms with E-state index in [1.54, 1.807) is 18.2 Å². The van der Waals surface area contributed by atoms with Gasteiger partial charge in [-0.15, -0.1) is 0 Å². The molecule has 0 spiro atoms. The van der Waals surface area contributed by atoms with Crippen LogP contribution >= 0.6 is 0 Å². The molecule has 0 bridgehead atoms. The summed E-state index contributed by atoms with van der Waals surface area (Å²) >= 11 is 0. The first-order valence-electron chi connectivity index (χ1n) is 5.57. The van der Waals surface area contributed by atoms with Crippen LogP contribution < -0.4 is 0 Å². The van der Waals surface area contributed by atoms with Crippen LogP contribution in [0.2, 0.25) is 0 Å². The van der Waals surface area contributed by atoms with E-state index < -0.39 is 11.6 Å². The highest BCUT2D eigenvalue weighted by Crippen LogP contribution is 2.21. The molecule has 0 saturated carbocycles. The number of phenolic OH excluding ortho intramolecular Hbond substituents is 2. The number of phenols is 2. The second-order valence-electron chi connectivity index (χ2n) is 3.92. The largest absolute Gasteiger partial charge is 0.507 e. The van der Waals surface area contributed by atoms with Crippen molar-refractivity contribution < 1.29 is 19.4 Å². The topological polar surface area (TPSA) is 57.5 Å². The van der Waals surface area contributed by atoms with Crippen molar-refractivity contribution in [2.75, 3.05) is 0 Å². The molecule has 0 atom stereocenters. The predicted octanol–water partition coefficient (Wildman–Crippen LogP) is 3.13. The molecule has 0 radical (unpaired) electrons. The molecular formula is C15H11FO3. The van der Waals surface area contributed by atoms with Gasteiger partial charge in [0.2, 0.25) is 0 Å². The Morgan fingerprint density at radius 3 is 2.53 bits per heavy atom. The molecule has 3 nitrogen and oxygen atoms in total. The number of benzene rings is 2. The first-order valence-corrected chi connectivity index (χ1v) is 5.57. The Balaban J connectivity index is 2.26. The highest BCUT2D eigenvalue weighted by molar-refractivity contribution is 6.08.